The average Bonchev–Trinajstić information content (AvgIpc) is 4.20. The van der Waals surface area contributed by atoms with Gasteiger partial charge in [-0.15, -0.1) is 27.8 Å². The number of hydrogen-bond donors (Lipinski definition) is 8. The minimum atomic E-state index is -1.30. The molecule has 2 saturated heterocycles. The van der Waals surface area contributed by atoms with E-state index >= 15 is 4.79 Å². The lowest BCUT2D eigenvalue weighted by atomic mass is 9.96. The number of amides is 8. The quantitative estimate of drug-likeness (QED) is 0.0956. The van der Waals surface area contributed by atoms with E-state index in [1.54, 1.807) is 46.7 Å². The van der Waals surface area contributed by atoms with Crippen molar-refractivity contribution >= 4 is 80.8 Å². The molecule has 6 heterocycles. The van der Waals surface area contributed by atoms with E-state index in [1.807, 2.05) is 60.8 Å². The van der Waals surface area contributed by atoms with Crippen molar-refractivity contribution < 1.29 is 38.4 Å². The van der Waals surface area contributed by atoms with Gasteiger partial charge in [-0.2, -0.15) is 0 Å². The van der Waals surface area contributed by atoms with Gasteiger partial charge in [0.2, 0.25) is 47.3 Å². The van der Waals surface area contributed by atoms with Crippen molar-refractivity contribution in [2.45, 2.75) is 114 Å². The van der Waals surface area contributed by atoms with Gasteiger partial charge in [0.25, 0.3) is 0 Å². The molecule has 7 rings (SSSR count). The number of nitrogens with zero attached hydrogens (tertiary/aromatic N) is 4. The number of fused-ring (bicyclic) bond motifs is 2. The Morgan fingerprint density at radius 3 is 2.38 bits per heavy atom. The Morgan fingerprint density at radius 2 is 1.62 bits per heavy atom. The molecule has 5 aromatic rings. The molecule has 8 amide bonds. The molecule has 4 aromatic heterocycles. The molecule has 10 N–H and O–H groups in total. The fraction of sp³-hybridized carbons (Fsp3) is 0.447. The van der Waals surface area contributed by atoms with Gasteiger partial charge in [0.1, 0.15) is 35.9 Å². The second-order valence-corrected chi connectivity index (χ2v) is 19.6. The number of nitrogens with one attached hydrogen (secondary N) is 6. The van der Waals surface area contributed by atoms with Gasteiger partial charge in [0, 0.05) is 72.0 Å². The third-order valence-electron chi connectivity index (χ3n) is 12.7. The summed E-state index contributed by atoms with van der Waals surface area (Å²) in [4.78, 5) is 117. The molecule has 2 aliphatic rings. The van der Waals surface area contributed by atoms with Crippen molar-refractivity contribution in [2.24, 2.45) is 17.4 Å². The summed E-state index contributed by atoms with van der Waals surface area (Å²) in [5.74, 6) is -5.81. The van der Waals surface area contributed by atoms with Gasteiger partial charge in [-0.25, -0.2) is 4.68 Å². The van der Waals surface area contributed by atoms with Gasteiger partial charge in [-0.1, -0.05) is 49.7 Å². The van der Waals surface area contributed by atoms with Gasteiger partial charge in [-0.05, 0) is 66.8 Å². The highest BCUT2D eigenvalue weighted by atomic mass is 32.1. The Bertz CT molecular complexity index is 2660. The summed E-state index contributed by atoms with van der Waals surface area (Å²) >= 11 is 3.17. The first kappa shape index (κ1) is 50.0. The maximum absolute atomic E-state index is 15.1. The number of nitrogens with two attached hydrogens (primary N) is 2. The molecule has 2 fully saturated rings. The van der Waals surface area contributed by atoms with Crippen LogP contribution in [0.25, 0.3) is 31.2 Å². The Morgan fingerprint density at radius 1 is 0.855 bits per heavy atom. The number of rotatable bonds is 11. The van der Waals surface area contributed by atoms with Gasteiger partial charge in [0.15, 0.2) is 0 Å². The maximum Gasteiger partial charge on any atom is 0.246 e. The van der Waals surface area contributed by atoms with Gasteiger partial charge in [-0.3, -0.25) is 38.4 Å². The predicted molar refractivity (Wildman–Crippen MR) is 259 cm³/mol. The molecule has 366 valence electrons. The molecule has 2 aliphatic heterocycles. The number of benzene rings is 1. The molecular formula is C47H58N12O8S2. The van der Waals surface area contributed by atoms with E-state index in [4.69, 9.17) is 11.5 Å². The number of carbonyl (C=O) groups excluding carboxylic acids is 8. The van der Waals surface area contributed by atoms with Crippen molar-refractivity contribution in [3.8, 4) is 20.3 Å². The smallest absolute Gasteiger partial charge is 0.246 e. The highest BCUT2D eigenvalue weighted by Crippen LogP contribution is 2.37. The number of thiophene rings is 2. The number of H-pyrrole nitrogens is 1. The molecule has 0 bridgehead atoms. The number of hydrogen-bond acceptors (Lipinski definition) is 12. The Balaban J connectivity index is 1.24. The first-order chi connectivity index (χ1) is 33.2. The van der Waals surface area contributed by atoms with Crippen LogP contribution in [0.5, 0.6) is 0 Å². The summed E-state index contributed by atoms with van der Waals surface area (Å²) in [5, 5.41) is 25.5. The number of primary amides is 2. The highest BCUT2D eigenvalue weighted by Gasteiger charge is 2.45. The monoisotopic (exact) mass is 982 g/mol. The zero-order valence-electron chi connectivity index (χ0n) is 38.4. The lowest BCUT2D eigenvalue weighted by molar-refractivity contribution is -0.143. The Kier molecular flexibility index (Phi) is 16.6. The van der Waals surface area contributed by atoms with Crippen LogP contribution in [0.3, 0.4) is 0 Å². The zero-order valence-corrected chi connectivity index (χ0v) is 40.0. The molecular weight excluding hydrogens is 925 g/mol. The van der Waals surface area contributed by atoms with Crippen molar-refractivity contribution in [1.82, 2.24) is 51.5 Å². The normalized spacial score (nSPS) is 23.3. The fourth-order valence-corrected chi connectivity index (χ4v) is 10.4. The van der Waals surface area contributed by atoms with Gasteiger partial charge in [0.05, 0.1) is 17.1 Å². The number of aromatic amines is 1. The topological polar surface area (TPSA) is 298 Å². The van der Waals surface area contributed by atoms with Crippen LogP contribution >= 0.6 is 22.7 Å². The first-order valence-corrected chi connectivity index (χ1v) is 24.8. The van der Waals surface area contributed by atoms with Crippen molar-refractivity contribution in [3.63, 3.8) is 0 Å². The second-order valence-electron chi connectivity index (χ2n) is 17.6. The summed E-state index contributed by atoms with van der Waals surface area (Å²) in [6.07, 6.45) is 3.92. The van der Waals surface area contributed by atoms with E-state index in [-0.39, 0.29) is 58.0 Å². The van der Waals surface area contributed by atoms with Crippen LogP contribution in [0, 0.1) is 5.92 Å². The average molecular weight is 983 g/mol. The van der Waals surface area contributed by atoms with Crippen molar-refractivity contribution in [2.75, 3.05) is 13.1 Å². The first-order valence-electron chi connectivity index (χ1n) is 23.1. The molecule has 69 heavy (non-hydrogen) atoms. The maximum atomic E-state index is 15.1. The summed E-state index contributed by atoms with van der Waals surface area (Å²) in [6.45, 7) is 3.76. The fourth-order valence-electron chi connectivity index (χ4n) is 8.60. The highest BCUT2D eigenvalue weighted by molar-refractivity contribution is 7.23. The van der Waals surface area contributed by atoms with Crippen LogP contribution < -0.4 is 38.1 Å². The molecule has 22 heteroatoms. The molecule has 0 aliphatic carbocycles. The lowest BCUT2D eigenvalue weighted by Crippen LogP contribution is -2.60. The van der Waals surface area contributed by atoms with Crippen LogP contribution in [-0.4, -0.2) is 115 Å². The van der Waals surface area contributed by atoms with Crippen LogP contribution in [0.4, 0.5) is 0 Å². The molecule has 0 unspecified atom stereocenters. The minimum Gasteiger partial charge on any atom is -0.370 e. The van der Waals surface area contributed by atoms with Gasteiger partial charge >= 0.3 is 0 Å². The number of aromatic nitrogens is 4. The van der Waals surface area contributed by atoms with Crippen LogP contribution in [0.1, 0.15) is 83.2 Å². The standard InChI is InChI=1S/C47H58N12O8S2/c1-3-26(2)42-47(67)58-24-28(59-25-34(56-57-59)36-14-15-38(69-36)37-12-8-20-68-37)22-35(58)46(66)54-33(21-27-23-51-30-10-5-4-9-29(27)30)45(65)53-31(43(49)63)11-6-7-19-50-40(61)17-18-41(62)52-32(44(64)55-42)13-16-39(48)60/h4-5,8-10,12,14-15,20,23,25-26,28,31-33,35,42,51H,3,6-7,11,13,16-19,21-22,24H2,1-2H3,(H2,48,60)(H2,49,63)(H,50,61)(H,52,62)(H,53,65)(H,54,66)(H,55,64)/t26-,28-,31-,32-,33-,35-,42-/m0/s1. The van der Waals surface area contributed by atoms with E-state index < -0.39 is 89.4 Å². The minimum absolute atomic E-state index is 0.00608. The third kappa shape index (κ3) is 12.6. The SMILES string of the molecule is CC[C@H](C)[C@@H]1NC(=O)[C@H](CCC(N)=O)NC(=O)CCC(=O)NCCCC[C@@H](C(N)=O)NC(=O)[C@H](Cc2c[nH]c3ccccc23)NC(=O)[C@@H]2C[C@H](n3cc(-c4ccc(-c5cccs5)s4)nn3)CN2C1=O. The van der Waals surface area contributed by atoms with Crippen LogP contribution in [-0.2, 0) is 44.8 Å². The van der Waals surface area contributed by atoms with Crippen molar-refractivity contribution in [3.05, 3.63) is 71.9 Å². The lowest BCUT2D eigenvalue weighted by Gasteiger charge is -2.33. The Hall–Kier alpha value is -6.94. The number of carbonyl (C=O) groups is 8. The summed E-state index contributed by atoms with van der Waals surface area (Å²) in [6, 6.07) is 8.76. The largest absolute Gasteiger partial charge is 0.370 e. The summed E-state index contributed by atoms with van der Waals surface area (Å²) in [5.41, 5.74) is 13.3. The Labute approximate surface area is 406 Å². The molecule has 0 spiro atoms. The molecule has 20 nitrogen and oxygen atoms in total. The van der Waals surface area contributed by atoms with E-state index in [0.717, 1.165) is 25.5 Å². The van der Waals surface area contributed by atoms with E-state index in [0.29, 0.717) is 30.5 Å². The third-order valence-corrected chi connectivity index (χ3v) is 14.9. The van der Waals surface area contributed by atoms with Crippen LogP contribution in [0.2, 0.25) is 0 Å². The number of para-hydroxylation sites is 1. The van der Waals surface area contributed by atoms with Crippen molar-refractivity contribution in [1.29, 1.82) is 0 Å². The molecule has 0 radical (unpaired) electrons. The van der Waals surface area contributed by atoms with Crippen LogP contribution in [0.15, 0.2) is 66.3 Å². The molecule has 1 aromatic carbocycles. The van der Waals surface area contributed by atoms with Gasteiger partial charge < -0.3 is 47.9 Å². The second kappa shape index (κ2) is 22.9. The van der Waals surface area contributed by atoms with E-state index in [9.17, 15) is 33.6 Å². The zero-order chi connectivity index (χ0) is 49.2. The predicted octanol–water partition coefficient (Wildman–Crippen LogP) is 2.42. The molecule has 7 atom stereocenters. The molecule has 0 saturated carbocycles. The summed E-state index contributed by atoms with van der Waals surface area (Å²) < 4.78 is 1.61. The van der Waals surface area contributed by atoms with E-state index in [1.165, 1.54) is 4.90 Å². The van der Waals surface area contributed by atoms with E-state index in [2.05, 4.69) is 41.9 Å². The summed E-state index contributed by atoms with van der Waals surface area (Å²) in [7, 11) is 0.